The van der Waals surface area contributed by atoms with E-state index in [0.717, 1.165) is 12.2 Å². The standard InChI is InChI=1S/C10H15N3O/c1-2-13-9(14)6-7(11)10(13)8-4-3-5-12-8/h3-5,7,10,12H,2,6,11H2,1H3/t7-,10-/m0/s1. The lowest BCUT2D eigenvalue weighted by Crippen LogP contribution is -2.33. The molecular weight excluding hydrogens is 178 g/mol. The van der Waals surface area contributed by atoms with Crippen molar-refractivity contribution < 1.29 is 4.79 Å². The lowest BCUT2D eigenvalue weighted by atomic mass is 10.1. The predicted molar refractivity (Wildman–Crippen MR) is 53.5 cm³/mol. The van der Waals surface area contributed by atoms with Gasteiger partial charge in [-0.3, -0.25) is 4.79 Å². The summed E-state index contributed by atoms with van der Waals surface area (Å²) in [4.78, 5) is 16.5. The van der Waals surface area contributed by atoms with E-state index in [1.807, 2.05) is 30.2 Å². The summed E-state index contributed by atoms with van der Waals surface area (Å²) in [6.45, 7) is 2.70. The molecule has 4 nitrogen and oxygen atoms in total. The van der Waals surface area contributed by atoms with Gasteiger partial charge in [0.1, 0.15) is 0 Å². The summed E-state index contributed by atoms with van der Waals surface area (Å²) in [5, 5.41) is 0. The van der Waals surface area contributed by atoms with Crippen LogP contribution < -0.4 is 5.73 Å². The molecule has 0 saturated carbocycles. The van der Waals surface area contributed by atoms with Crippen molar-refractivity contribution in [2.75, 3.05) is 6.54 Å². The molecule has 3 N–H and O–H groups in total. The van der Waals surface area contributed by atoms with E-state index in [-0.39, 0.29) is 18.0 Å². The third kappa shape index (κ3) is 1.32. The van der Waals surface area contributed by atoms with Crippen LogP contribution >= 0.6 is 0 Å². The van der Waals surface area contributed by atoms with Gasteiger partial charge >= 0.3 is 0 Å². The van der Waals surface area contributed by atoms with E-state index in [2.05, 4.69) is 4.98 Å². The molecule has 1 amide bonds. The number of likely N-dealkylation sites (N-methyl/N-ethyl adjacent to an activating group) is 1. The molecule has 14 heavy (non-hydrogen) atoms. The molecule has 1 aliphatic heterocycles. The molecule has 1 aromatic heterocycles. The first-order valence-electron chi connectivity index (χ1n) is 4.92. The lowest BCUT2D eigenvalue weighted by molar-refractivity contribution is -0.128. The van der Waals surface area contributed by atoms with Gasteiger partial charge in [0.2, 0.25) is 5.91 Å². The number of nitrogens with one attached hydrogen (secondary N) is 1. The monoisotopic (exact) mass is 193 g/mol. The second-order valence-electron chi connectivity index (χ2n) is 3.62. The fourth-order valence-electron chi connectivity index (χ4n) is 2.12. The van der Waals surface area contributed by atoms with E-state index in [0.29, 0.717) is 6.42 Å². The van der Waals surface area contributed by atoms with E-state index < -0.39 is 0 Å². The van der Waals surface area contributed by atoms with Crippen molar-refractivity contribution in [2.24, 2.45) is 5.73 Å². The zero-order valence-electron chi connectivity index (χ0n) is 8.23. The number of carbonyl (C=O) groups is 1. The summed E-state index contributed by atoms with van der Waals surface area (Å²) in [6, 6.07) is 3.85. The minimum atomic E-state index is -0.0823. The molecule has 1 aromatic rings. The molecule has 0 spiro atoms. The number of amides is 1. The van der Waals surface area contributed by atoms with Gasteiger partial charge in [0.15, 0.2) is 0 Å². The van der Waals surface area contributed by atoms with Crippen LogP contribution in [0, 0.1) is 0 Å². The molecule has 2 rings (SSSR count). The third-order valence-electron chi connectivity index (χ3n) is 2.75. The van der Waals surface area contributed by atoms with Crippen LogP contribution in [0.3, 0.4) is 0 Å². The molecule has 1 aliphatic rings. The van der Waals surface area contributed by atoms with Gasteiger partial charge in [-0.25, -0.2) is 0 Å². The highest BCUT2D eigenvalue weighted by Crippen LogP contribution is 2.30. The molecule has 2 atom stereocenters. The summed E-state index contributed by atoms with van der Waals surface area (Å²) in [5.74, 6) is 0.152. The highest BCUT2D eigenvalue weighted by Gasteiger charge is 2.37. The number of carbonyl (C=O) groups excluding carboxylic acids is 1. The predicted octanol–water partition coefficient (Wildman–Crippen LogP) is 0.635. The second kappa shape index (κ2) is 3.46. The fourth-order valence-corrected chi connectivity index (χ4v) is 2.12. The van der Waals surface area contributed by atoms with Crippen LogP contribution in [0.2, 0.25) is 0 Å². The number of aromatic amines is 1. The van der Waals surface area contributed by atoms with Crippen molar-refractivity contribution in [2.45, 2.75) is 25.4 Å². The number of H-pyrrole nitrogens is 1. The number of nitrogens with two attached hydrogens (primary N) is 1. The maximum absolute atomic E-state index is 11.6. The normalized spacial score (nSPS) is 27.3. The van der Waals surface area contributed by atoms with Crippen molar-refractivity contribution in [1.82, 2.24) is 9.88 Å². The number of likely N-dealkylation sites (tertiary alicyclic amines) is 1. The second-order valence-corrected chi connectivity index (χ2v) is 3.62. The Morgan fingerprint density at radius 2 is 2.50 bits per heavy atom. The topological polar surface area (TPSA) is 62.1 Å². The van der Waals surface area contributed by atoms with Crippen molar-refractivity contribution in [3.63, 3.8) is 0 Å². The van der Waals surface area contributed by atoms with E-state index in [1.54, 1.807) is 0 Å². The van der Waals surface area contributed by atoms with Gasteiger partial charge < -0.3 is 15.6 Å². The maximum atomic E-state index is 11.6. The molecule has 76 valence electrons. The highest BCUT2D eigenvalue weighted by molar-refractivity contribution is 5.80. The number of hydrogen-bond donors (Lipinski definition) is 2. The summed E-state index contributed by atoms with van der Waals surface area (Å²) >= 11 is 0. The Bertz CT molecular complexity index is 320. The first kappa shape index (κ1) is 9.27. The van der Waals surface area contributed by atoms with Crippen LogP contribution in [0.15, 0.2) is 18.3 Å². The molecule has 0 unspecified atom stereocenters. The van der Waals surface area contributed by atoms with Crippen LogP contribution in [0.1, 0.15) is 25.1 Å². The Balaban J connectivity index is 2.28. The number of rotatable bonds is 2. The van der Waals surface area contributed by atoms with Crippen LogP contribution in [0.4, 0.5) is 0 Å². The summed E-state index contributed by atoms with van der Waals surface area (Å²) < 4.78 is 0. The molecule has 2 heterocycles. The SMILES string of the molecule is CCN1C(=O)C[C@H](N)[C@H]1c1ccc[nH]1. The van der Waals surface area contributed by atoms with Gasteiger partial charge in [0.25, 0.3) is 0 Å². The highest BCUT2D eigenvalue weighted by atomic mass is 16.2. The Morgan fingerprint density at radius 3 is 3.07 bits per heavy atom. The molecular formula is C10H15N3O. The summed E-state index contributed by atoms with van der Waals surface area (Å²) in [7, 11) is 0. The van der Waals surface area contributed by atoms with Crippen LogP contribution in [-0.2, 0) is 4.79 Å². The lowest BCUT2D eigenvalue weighted by Gasteiger charge is -2.24. The first-order chi connectivity index (χ1) is 6.74. The van der Waals surface area contributed by atoms with Crippen molar-refractivity contribution in [3.8, 4) is 0 Å². The first-order valence-corrected chi connectivity index (χ1v) is 4.92. The van der Waals surface area contributed by atoms with Gasteiger partial charge in [-0.1, -0.05) is 0 Å². The van der Waals surface area contributed by atoms with Crippen molar-refractivity contribution in [3.05, 3.63) is 24.0 Å². The zero-order chi connectivity index (χ0) is 10.1. The summed E-state index contributed by atoms with van der Waals surface area (Å²) in [5.41, 5.74) is 6.98. The Morgan fingerprint density at radius 1 is 1.71 bits per heavy atom. The Hall–Kier alpha value is -1.29. The van der Waals surface area contributed by atoms with E-state index in [1.165, 1.54) is 0 Å². The van der Waals surface area contributed by atoms with Gasteiger partial charge in [0, 0.05) is 30.9 Å². The van der Waals surface area contributed by atoms with Gasteiger partial charge in [-0.2, -0.15) is 0 Å². The molecule has 1 fully saturated rings. The minimum absolute atomic E-state index is 0.0301. The number of nitrogens with zero attached hydrogens (tertiary/aromatic N) is 1. The average molecular weight is 193 g/mol. The van der Waals surface area contributed by atoms with Gasteiger partial charge in [-0.15, -0.1) is 0 Å². The molecule has 0 aromatic carbocycles. The molecule has 0 radical (unpaired) electrons. The van der Waals surface area contributed by atoms with E-state index in [9.17, 15) is 4.79 Å². The Labute approximate surface area is 83.1 Å². The van der Waals surface area contributed by atoms with Crippen molar-refractivity contribution in [1.29, 1.82) is 0 Å². The molecule has 4 heteroatoms. The van der Waals surface area contributed by atoms with Crippen molar-refractivity contribution >= 4 is 5.91 Å². The average Bonchev–Trinajstić information content (AvgIpc) is 2.72. The van der Waals surface area contributed by atoms with Gasteiger partial charge in [-0.05, 0) is 19.1 Å². The molecule has 1 saturated heterocycles. The molecule has 0 aliphatic carbocycles. The minimum Gasteiger partial charge on any atom is -0.363 e. The van der Waals surface area contributed by atoms with Gasteiger partial charge in [0.05, 0.1) is 6.04 Å². The largest absolute Gasteiger partial charge is 0.363 e. The summed E-state index contributed by atoms with van der Waals surface area (Å²) in [6.07, 6.45) is 2.32. The maximum Gasteiger partial charge on any atom is 0.224 e. The zero-order valence-corrected chi connectivity index (χ0v) is 8.23. The van der Waals surface area contributed by atoms with E-state index in [4.69, 9.17) is 5.73 Å². The smallest absolute Gasteiger partial charge is 0.224 e. The van der Waals surface area contributed by atoms with Crippen LogP contribution in [0.5, 0.6) is 0 Å². The number of aromatic nitrogens is 1. The number of hydrogen-bond acceptors (Lipinski definition) is 2. The molecule has 0 bridgehead atoms. The fraction of sp³-hybridized carbons (Fsp3) is 0.500. The third-order valence-corrected chi connectivity index (χ3v) is 2.75. The van der Waals surface area contributed by atoms with Crippen LogP contribution in [0.25, 0.3) is 0 Å². The van der Waals surface area contributed by atoms with Crippen LogP contribution in [-0.4, -0.2) is 28.4 Å². The Kier molecular flexibility index (Phi) is 2.29. The quantitative estimate of drug-likeness (QED) is 0.723. The van der Waals surface area contributed by atoms with E-state index >= 15 is 0 Å².